The molecule has 1 amide bonds. The van der Waals surface area contributed by atoms with Crippen molar-refractivity contribution in [3.8, 4) is 11.4 Å². The molecule has 0 radical (unpaired) electrons. The van der Waals surface area contributed by atoms with E-state index >= 15 is 0 Å². The minimum atomic E-state index is -0.0201. The lowest BCUT2D eigenvalue weighted by Gasteiger charge is -2.11. The van der Waals surface area contributed by atoms with Crippen LogP contribution in [0.4, 0.5) is 5.69 Å². The number of hydrogen-bond donors (Lipinski definition) is 1. The highest BCUT2D eigenvalue weighted by molar-refractivity contribution is 6.33. The van der Waals surface area contributed by atoms with E-state index in [0.29, 0.717) is 36.0 Å². The minimum Gasteiger partial charge on any atom is -0.339 e. The molecule has 2 aromatic carbocycles. The van der Waals surface area contributed by atoms with Gasteiger partial charge in [-0.05, 0) is 43.5 Å². The molecule has 0 bridgehead atoms. The van der Waals surface area contributed by atoms with Gasteiger partial charge < -0.3 is 9.84 Å². The predicted octanol–water partition coefficient (Wildman–Crippen LogP) is 4.97. The van der Waals surface area contributed by atoms with Crippen LogP contribution in [0.25, 0.3) is 11.4 Å². The number of aromatic nitrogens is 2. The minimum absolute atomic E-state index is 0.0201. The number of benzene rings is 2. The molecule has 5 nitrogen and oxygen atoms in total. The fourth-order valence-corrected chi connectivity index (χ4v) is 2.94. The van der Waals surface area contributed by atoms with Gasteiger partial charge in [0.05, 0.1) is 5.02 Å². The Hall–Kier alpha value is -2.66. The first kappa shape index (κ1) is 18.1. The molecule has 1 heterocycles. The van der Waals surface area contributed by atoms with Gasteiger partial charge >= 0.3 is 0 Å². The van der Waals surface area contributed by atoms with E-state index < -0.39 is 0 Å². The van der Waals surface area contributed by atoms with Crippen molar-refractivity contribution in [2.45, 2.75) is 33.1 Å². The first-order valence-electron chi connectivity index (χ1n) is 8.48. The van der Waals surface area contributed by atoms with Crippen LogP contribution in [0.1, 0.15) is 29.9 Å². The number of nitrogens with zero attached hydrogens (tertiary/aromatic N) is 2. The average Bonchev–Trinajstić information content (AvgIpc) is 3.07. The third kappa shape index (κ3) is 4.29. The molecule has 134 valence electrons. The first-order valence-corrected chi connectivity index (χ1v) is 8.86. The third-order valence-corrected chi connectivity index (χ3v) is 4.45. The average molecular weight is 370 g/mol. The maximum absolute atomic E-state index is 12.2. The Morgan fingerprint density at radius 1 is 1.12 bits per heavy atom. The molecule has 26 heavy (non-hydrogen) atoms. The number of hydrogen-bond acceptors (Lipinski definition) is 4. The van der Waals surface area contributed by atoms with Gasteiger partial charge in [-0.3, -0.25) is 4.79 Å². The summed E-state index contributed by atoms with van der Waals surface area (Å²) in [5.41, 5.74) is 3.73. The molecule has 3 aromatic rings. The molecule has 0 unspecified atom stereocenters. The Bertz CT molecular complexity index is 901. The lowest BCUT2D eigenvalue weighted by atomic mass is 10.1. The second-order valence-electron chi connectivity index (χ2n) is 6.16. The summed E-state index contributed by atoms with van der Waals surface area (Å²) in [7, 11) is 0. The lowest BCUT2D eigenvalue weighted by Crippen LogP contribution is -2.13. The van der Waals surface area contributed by atoms with Crippen molar-refractivity contribution in [3.63, 3.8) is 0 Å². The standard InChI is InChI=1S/C20H20ClN3O2/c1-13-7-5-8-14(2)19(13)22-17(25)11-6-12-18-23-20(24-26-18)15-9-3-4-10-16(15)21/h3-5,7-10H,6,11-12H2,1-2H3,(H,22,25). The van der Waals surface area contributed by atoms with Crippen LogP contribution in [0.15, 0.2) is 47.0 Å². The van der Waals surface area contributed by atoms with Crippen LogP contribution in [0.5, 0.6) is 0 Å². The van der Waals surface area contributed by atoms with Gasteiger partial charge in [0.25, 0.3) is 0 Å². The normalized spacial score (nSPS) is 10.7. The van der Waals surface area contributed by atoms with Crippen molar-refractivity contribution in [2.75, 3.05) is 5.32 Å². The number of aryl methyl sites for hydroxylation is 3. The van der Waals surface area contributed by atoms with Gasteiger partial charge in [0.15, 0.2) is 0 Å². The highest BCUT2D eigenvalue weighted by Gasteiger charge is 2.12. The largest absolute Gasteiger partial charge is 0.339 e. The molecular formula is C20H20ClN3O2. The zero-order valence-corrected chi connectivity index (χ0v) is 15.5. The SMILES string of the molecule is Cc1cccc(C)c1NC(=O)CCCc1nc(-c2ccccc2Cl)no1. The Morgan fingerprint density at radius 3 is 2.58 bits per heavy atom. The zero-order valence-electron chi connectivity index (χ0n) is 14.8. The van der Waals surface area contributed by atoms with Crippen LogP contribution in [0, 0.1) is 13.8 Å². The maximum Gasteiger partial charge on any atom is 0.226 e. The van der Waals surface area contributed by atoms with Crippen molar-refractivity contribution in [2.24, 2.45) is 0 Å². The Balaban J connectivity index is 1.54. The highest BCUT2D eigenvalue weighted by atomic mass is 35.5. The number of para-hydroxylation sites is 1. The van der Waals surface area contributed by atoms with E-state index in [1.54, 1.807) is 6.07 Å². The molecule has 1 aromatic heterocycles. The number of nitrogens with one attached hydrogen (secondary N) is 1. The van der Waals surface area contributed by atoms with Crippen molar-refractivity contribution in [1.29, 1.82) is 0 Å². The van der Waals surface area contributed by atoms with Gasteiger partial charge in [-0.25, -0.2) is 0 Å². The van der Waals surface area contributed by atoms with Crippen LogP contribution in [-0.4, -0.2) is 16.0 Å². The molecule has 6 heteroatoms. The van der Waals surface area contributed by atoms with Crippen LogP contribution in [0.2, 0.25) is 5.02 Å². The number of halogens is 1. The van der Waals surface area contributed by atoms with E-state index in [-0.39, 0.29) is 5.91 Å². The fourth-order valence-electron chi connectivity index (χ4n) is 2.72. The van der Waals surface area contributed by atoms with E-state index in [4.69, 9.17) is 16.1 Å². The van der Waals surface area contributed by atoms with E-state index in [0.717, 1.165) is 22.4 Å². The van der Waals surface area contributed by atoms with E-state index in [1.165, 1.54) is 0 Å². The van der Waals surface area contributed by atoms with Crippen molar-refractivity contribution < 1.29 is 9.32 Å². The number of carbonyl (C=O) groups excluding carboxylic acids is 1. The molecular weight excluding hydrogens is 350 g/mol. The topological polar surface area (TPSA) is 68.0 Å². The maximum atomic E-state index is 12.2. The number of rotatable bonds is 6. The molecule has 0 saturated carbocycles. The summed E-state index contributed by atoms with van der Waals surface area (Å²) >= 11 is 6.14. The summed E-state index contributed by atoms with van der Waals surface area (Å²) in [6.07, 6.45) is 1.55. The number of amides is 1. The smallest absolute Gasteiger partial charge is 0.226 e. The van der Waals surface area contributed by atoms with Gasteiger partial charge in [0.2, 0.25) is 17.6 Å². The summed E-state index contributed by atoms with van der Waals surface area (Å²) in [5, 5.41) is 7.52. The summed E-state index contributed by atoms with van der Waals surface area (Å²) in [6.45, 7) is 3.97. The quantitative estimate of drug-likeness (QED) is 0.666. The van der Waals surface area contributed by atoms with Gasteiger partial charge in [-0.2, -0.15) is 4.98 Å². The molecule has 0 atom stereocenters. The fraction of sp³-hybridized carbons (Fsp3) is 0.250. The molecule has 0 spiro atoms. The molecule has 0 fully saturated rings. The molecule has 0 aliphatic heterocycles. The summed E-state index contributed by atoms with van der Waals surface area (Å²) in [5.74, 6) is 0.943. The summed E-state index contributed by atoms with van der Waals surface area (Å²) in [4.78, 5) is 16.5. The van der Waals surface area contributed by atoms with E-state index in [2.05, 4.69) is 15.5 Å². The van der Waals surface area contributed by atoms with Crippen LogP contribution in [0.3, 0.4) is 0 Å². The predicted molar refractivity (Wildman–Crippen MR) is 102 cm³/mol. The van der Waals surface area contributed by atoms with Gasteiger partial charge in [0, 0.05) is 24.1 Å². The third-order valence-electron chi connectivity index (χ3n) is 4.12. The number of carbonyl (C=O) groups is 1. The molecule has 0 aliphatic rings. The van der Waals surface area contributed by atoms with Gasteiger partial charge in [0.1, 0.15) is 0 Å². The Morgan fingerprint density at radius 2 is 1.85 bits per heavy atom. The van der Waals surface area contributed by atoms with Crippen LogP contribution in [-0.2, 0) is 11.2 Å². The highest BCUT2D eigenvalue weighted by Crippen LogP contribution is 2.25. The molecule has 0 saturated heterocycles. The Kier molecular flexibility index (Phi) is 5.68. The van der Waals surface area contributed by atoms with Gasteiger partial charge in [-0.1, -0.05) is 47.1 Å². The first-order chi connectivity index (χ1) is 12.5. The van der Waals surface area contributed by atoms with Crippen LogP contribution >= 0.6 is 11.6 Å². The Labute approximate surface area is 157 Å². The zero-order chi connectivity index (χ0) is 18.5. The molecule has 0 aliphatic carbocycles. The second-order valence-corrected chi connectivity index (χ2v) is 6.57. The molecule has 3 rings (SSSR count). The monoisotopic (exact) mass is 369 g/mol. The van der Waals surface area contributed by atoms with Crippen molar-refractivity contribution in [1.82, 2.24) is 10.1 Å². The summed E-state index contributed by atoms with van der Waals surface area (Å²) < 4.78 is 5.26. The van der Waals surface area contributed by atoms with Crippen molar-refractivity contribution >= 4 is 23.2 Å². The van der Waals surface area contributed by atoms with E-state index in [1.807, 2.05) is 50.2 Å². The lowest BCUT2D eigenvalue weighted by molar-refractivity contribution is -0.116. The number of anilines is 1. The van der Waals surface area contributed by atoms with Crippen molar-refractivity contribution in [3.05, 3.63) is 64.5 Å². The van der Waals surface area contributed by atoms with Crippen LogP contribution < -0.4 is 5.32 Å². The van der Waals surface area contributed by atoms with Gasteiger partial charge in [-0.15, -0.1) is 0 Å². The van der Waals surface area contributed by atoms with E-state index in [9.17, 15) is 4.79 Å². The summed E-state index contributed by atoms with van der Waals surface area (Å²) in [6, 6.07) is 13.3. The molecule has 1 N–H and O–H groups in total. The second kappa shape index (κ2) is 8.15.